The summed E-state index contributed by atoms with van der Waals surface area (Å²) in [4.78, 5) is 0. The van der Waals surface area contributed by atoms with Gasteiger partial charge < -0.3 is 5.32 Å². The molecule has 1 N–H and O–H groups in total. The Labute approximate surface area is 121 Å². The van der Waals surface area contributed by atoms with Gasteiger partial charge in [-0.2, -0.15) is 0 Å². The molecule has 1 nitrogen and oxygen atoms in total. The molecule has 0 aromatic heterocycles. The van der Waals surface area contributed by atoms with E-state index in [0.717, 1.165) is 13.0 Å². The zero-order chi connectivity index (χ0) is 13.9. The van der Waals surface area contributed by atoms with E-state index in [1.54, 1.807) is 0 Å². The Kier molecular flexibility index (Phi) is 3.70. The van der Waals surface area contributed by atoms with Crippen molar-refractivity contribution < 1.29 is 0 Å². The van der Waals surface area contributed by atoms with E-state index in [4.69, 9.17) is 0 Å². The highest BCUT2D eigenvalue weighted by atomic mass is 14.8. The predicted octanol–water partition coefficient (Wildman–Crippen LogP) is 4.22. The van der Waals surface area contributed by atoms with Crippen molar-refractivity contribution in [3.05, 3.63) is 70.3 Å². The molecular weight excluding hydrogens is 242 g/mol. The first kappa shape index (κ1) is 13.1. The number of hydrogen-bond donors (Lipinski definition) is 1. The van der Waals surface area contributed by atoms with Crippen LogP contribution in [0.3, 0.4) is 0 Å². The Bertz CT molecular complexity index is 640. The van der Waals surface area contributed by atoms with Gasteiger partial charge >= 0.3 is 0 Å². The molecule has 0 heterocycles. The Morgan fingerprint density at radius 2 is 1.70 bits per heavy atom. The first-order valence-corrected chi connectivity index (χ1v) is 7.32. The molecule has 0 amide bonds. The number of fused-ring (bicyclic) bond motifs is 2. The Morgan fingerprint density at radius 3 is 2.50 bits per heavy atom. The van der Waals surface area contributed by atoms with Gasteiger partial charge in [-0.25, -0.2) is 0 Å². The van der Waals surface area contributed by atoms with Crippen LogP contribution in [0.25, 0.3) is 12.2 Å². The minimum Gasteiger partial charge on any atom is -0.320 e. The van der Waals surface area contributed by atoms with Gasteiger partial charge in [0.25, 0.3) is 0 Å². The lowest BCUT2D eigenvalue weighted by atomic mass is 9.84. The highest BCUT2D eigenvalue weighted by Crippen LogP contribution is 2.36. The first-order chi connectivity index (χ1) is 9.79. The maximum Gasteiger partial charge on any atom is 0.0113 e. The molecule has 0 aliphatic heterocycles. The number of hydrogen-bond acceptors (Lipinski definition) is 1. The fraction of sp³-hybridized carbons (Fsp3) is 0.263. The highest BCUT2D eigenvalue weighted by molar-refractivity contribution is 5.76. The lowest BCUT2D eigenvalue weighted by molar-refractivity contribution is 0.660. The standard InChI is InChI=1S/C19H21N/c1-14-7-8-16-10-9-15-5-3-4-6-17(15)18(11-12-20-2)19(16)13-14/h3-10,13,18,20H,11-12H2,1-2H3. The van der Waals surface area contributed by atoms with Crippen molar-refractivity contribution in [1.82, 2.24) is 5.32 Å². The lowest BCUT2D eigenvalue weighted by Crippen LogP contribution is -2.14. The van der Waals surface area contributed by atoms with Crippen molar-refractivity contribution in [1.29, 1.82) is 0 Å². The molecule has 0 bridgehead atoms. The van der Waals surface area contributed by atoms with E-state index < -0.39 is 0 Å². The second-order valence-corrected chi connectivity index (χ2v) is 5.54. The number of rotatable bonds is 3. The monoisotopic (exact) mass is 263 g/mol. The molecule has 2 aromatic carbocycles. The SMILES string of the molecule is CNCCC1c2ccccc2C=Cc2ccc(C)cc21. The summed E-state index contributed by atoms with van der Waals surface area (Å²) in [5.41, 5.74) is 6.95. The van der Waals surface area contributed by atoms with Gasteiger partial charge in [-0.05, 0) is 49.2 Å². The maximum absolute atomic E-state index is 3.29. The summed E-state index contributed by atoms with van der Waals surface area (Å²) < 4.78 is 0. The van der Waals surface area contributed by atoms with Crippen molar-refractivity contribution in [3.8, 4) is 0 Å². The smallest absolute Gasteiger partial charge is 0.0113 e. The van der Waals surface area contributed by atoms with E-state index in [-0.39, 0.29) is 0 Å². The molecule has 102 valence electrons. The summed E-state index contributed by atoms with van der Waals surface area (Å²) in [5, 5.41) is 3.29. The molecular formula is C19H21N. The summed E-state index contributed by atoms with van der Waals surface area (Å²) in [6, 6.07) is 15.6. The van der Waals surface area contributed by atoms with Gasteiger partial charge in [0.2, 0.25) is 0 Å². The number of aryl methyl sites for hydroxylation is 1. The third-order valence-corrected chi connectivity index (χ3v) is 4.11. The molecule has 0 spiro atoms. The molecule has 1 aliphatic carbocycles. The summed E-state index contributed by atoms with van der Waals surface area (Å²) in [6.07, 6.45) is 5.64. The van der Waals surface area contributed by atoms with Crippen LogP contribution < -0.4 is 5.32 Å². The van der Waals surface area contributed by atoms with Gasteiger partial charge in [0.05, 0.1) is 0 Å². The van der Waals surface area contributed by atoms with Crippen LogP contribution in [0, 0.1) is 6.92 Å². The van der Waals surface area contributed by atoms with Crippen molar-refractivity contribution >= 4 is 12.2 Å². The quantitative estimate of drug-likeness (QED) is 0.874. The van der Waals surface area contributed by atoms with E-state index in [1.807, 2.05) is 7.05 Å². The Hall–Kier alpha value is -1.86. The van der Waals surface area contributed by atoms with Crippen molar-refractivity contribution in [3.63, 3.8) is 0 Å². The van der Waals surface area contributed by atoms with Crippen LogP contribution in [0.2, 0.25) is 0 Å². The molecule has 1 heteroatoms. The largest absolute Gasteiger partial charge is 0.320 e. The third kappa shape index (κ3) is 2.41. The van der Waals surface area contributed by atoms with Crippen molar-refractivity contribution in [2.75, 3.05) is 13.6 Å². The van der Waals surface area contributed by atoms with Crippen LogP contribution in [0.5, 0.6) is 0 Å². The molecule has 20 heavy (non-hydrogen) atoms. The number of nitrogens with one attached hydrogen (secondary N) is 1. The van der Waals surface area contributed by atoms with Gasteiger partial charge in [-0.1, -0.05) is 60.2 Å². The lowest BCUT2D eigenvalue weighted by Gasteiger charge is -2.21. The van der Waals surface area contributed by atoms with E-state index in [9.17, 15) is 0 Å². The van der Waals surface area contributed by atoms with E-state index in [2.05, 4.69) is 66.9 Å². The zero-order valence-corrected chi connectivity index (χ0v) is 12.2. The minimum atomic E-state index is 0.476. The normalized spacial score (nSPS) is 16.4. The maximum atomic E-state index is 3.29. The van der Waals surface area contributed by atoms with Crippen LogP contribution in [-0.4, -0.2) is 13.6 Å². The Morgan fingerprint density at radius 1 is 0.950 bits per heavy atom. The van der Waals surface area contributed by atoms with Crippen LogP contribution >= 0.6 is 0 Å². The molecule has 1 unspecified atom stereocenters. The Balaban J connectivity index is 2.15. The summed E-state index contributed by atoms with van der Waals surface area (Å²) >= 11 is 0. The van der Waals surface area contributed by atoms with Gasteiger partial charge in [0.15, 0.2) is 0 Å². The summed E-state index contributed by atoms with van der Waals surface area (Å²) in [7, 11) is 2.03. The summed E-state index contributed by atoms with van der Waals surface area (Å²) in [6.45, 7) is 3.21. The molecule has 0 saturated heterocycles. The van der Waals surface area contributed by atoms with Crippen molar-refractivity contribution in [2.24, 2.45) is 0 Å². The molecule has 0 radical (unpaired) electrons. The van der Waals surface area contributed by atoms with Crippen LogP contribution in [0.4, 0.5) is 0 Å². The van der Waals surface area contributed by atoms with Gasteiger partial charge in [-0.3, -0.25) is 0 Å². The van der Waals surface area contributed by atoms with Gasteiger partial charge in [0.1, 0.15) is 0 Å². The molecule has 3 rings (SSSR count). The zero-order valence-electron chi connectivity index (χ0n) is 12.2. The van der Waals surface area contributed by atoms with Gasteiger partial charge in [0, 0.05) is 5.92 Å². The second-order valence-electron chi connectivity index (χ2n) is 5.54. The van der Waals surface area contributed by atoms with E-state index in [1.165, 1.54) is 27.8 Å². The fourth-order valence-electron chi connectivity index (χ4n) is 3.07. The number of benzene rings is 2. The van der Waals surface area contributed by atoms with E-state index >= 15 is 0 Å². The average molecular weight is 263 g/mol. The van der Waals surface area contributed by atoms with Crippen LogP contribution in [0.1, 0.15) is 40.2 Å². The molecule has 1 atom stereocenters. The molecule has 1 aliphatic rings. The van der Waals surface area contributed by atoms with Crippen molar-refractivity contribution in [2.45, 2.75) is 19.3 Å². The van der Waals surface area contributed by atoms with Gasteiger partial charge in [-0.15, -0.1) is 0 Å². The molecule has 0 fully saturated rings. The molecule has 0 saturated carbocycles. The van der Waals surface area contributed by atoms with Crippen LogP contribution in [-0.2, 0) is 0 Å². The van der Waals surface area contributed by atoms with Crippen LogP contribution in [0.15, 0.2) is 42.5 Å². The molecule has 2 aromatic rings. The average Bonchev–Trinajstić information content (AvgIpc) is 2.62. The third-order valence-electron chi connectivity index (χ3n) is 4.11. The van der Waals surface area contributed by atoms with E-state index in [0.29, 0.717) is 5.92 Å². The second kappa shape index (κ2) is 5.64. The first-order valence-electron chi connectivity index (χ1n) is 7.32. The predicted molar refractivity (Wildman–Crippen MR) is 86.9 cm³/mol. The topological polar surface area (TPSA) is 12.0 Å². The minimum absolute atomic E-state index is 0.476. The fourth-order valence-corrected chi connectivity index (χ4v) is 3.07. The highest BCUT2D eigenvalue weighted by Gasteiger charge is 2.20. The summed E-state index contributed by atoms with van der Waals surface area (Å²) in [5.74, 6) is 0.476.